The highest BCUT2D eigenvalue weighted by molar-refractivity contribution is 5.63. The van der Waals surface area contributed by atoms with Gasteiger partial charge in [0.05, 0.1) is 0 Å². The first-order valence-corrected chi connectivity index (χ1v) is 3.89. The number of aliphatic hydroxyl groups is 1. The van der Waals surface area contributed by atoms with E-state index in [0.29, 0.717) is 17.6 Å². The maximum absolute atomic E-state index is 12.7. The fraction of sp³-hybridized carbons (Fsp3) is 0.200. The third kappa shape index (κ3) is 2.36. The summed E-state index contributed by atoms with van der Waals surface area (Å²) in [5.74, 6) is -1.77. The second kappa shape index (κ2) is 4.14. The normalized spacial score (nSPS) is 10.1. The second-order valence-electron chi connectivity index (χ2n) is 2.71. The lowest BCUT2D eigenvalue weighted by atomic mass is 10.1. The number of aliphatic hydroxyl groups excluding tert-OH is 1. The van der Waals surface area contributed by atoms with Crippen molar-refractivity contribution in [1.82, 2.24) is 0 Å². The Hall–Kier alpha value is -1.22. The van der Waals surface area contributed by atoms with E-state index >= 15 is 0 Å². The predicted octanol–water partition coefficient (Wildman–Crippen LogP) is 2.36. The summed E-state index contributed by atoms with van der Waals surface area (Å²) in [6.07, 6.45) is 0.366. The molecule has 3 heteroatoms. The minimum absolute atomic E-state index is 0.0438. The van der Waals surface area contributed by atoms with Gasteiger partial charge in [-0.3, -0.25) is 0 Å². The van der Waals surface area contributed by atoms with Crippen LogP contribution in [0, 0.1) is 11.6 Å². The molecule has 0 unspecified atom stereocenters. The molecule has 0 heterocycles. The van der Waals surface area contributed by atoms with E-state index in [2.05, 4.69) is 6.58 Å². The van der Waals surface area contributed by atoms with Crippen molar-refractivity contribution < 1.29 is 13.9 Å². The van der Waals surface area contributed by atoms with Crippen LogP contribution in [0.4, 0.5) is 8.78 Å². The summed E-state index contributed by atoms with van der Waals surface area (Å²) in [6, 6.07) is 3.57. The van der Waals surface area contributed by atoms with Crippen LogP contribution in [-0.2, 0) is 0 Å². The molecule has 0 fully saturated rings. The molecular formula is C10H10F2O. The van der Waals surface area contributed by atoms with Crippen molar-refractivity contribution in [1.29, 1.82) is 0 Å². The lowest BCUT2D eigenvalue weighted by Gasteiger charge is -2.03. The molecule has 0 atom stereocenters. The maximum Gasteiger partial charge on any atom is 0.159 e. The molecule has 1 N–H and O–H groups in total. The van der Waals surface area contributed by atoms with Gasteiger partial charge in [0.2, 0.25) is 0 Å². The molecule has 0 aliphatic rings. The molecule has 0 radical (unpaired) electrons. The van der Waals surface area contributed by atoms with Crippen molar-refractivity contribution in [2.45, 2.75) is 6.42 Å². The number of benzene rings is 1. The summed E-state index contributed by atoms with van der Waals surface area (Å²) in [5, 5.41) is 8.59. The van der Waals surface area contributed by atoms with Crippen LogP contribution in [0.5, 0.6) is 0 Å². The highest BCUT2D eigenvalue weighted by atomic mass is 19.2. The van der Waals surface area contributed by atoms with E-state index in [1.807, 2.05) is 0 Å². The molecule has 1 aromatic rings. The summed E-state index contributed by atoms with van der Waals surface area (Å²) < 4.78 is 25.2. The molecular weight excluding hydrogens is 174 g/mol. The van der Waals surface area contributed by atoms with Gasteiger partial charge in [-0.05, 0) is 29.7 Å². The first kappa shape index (κ1) is 9.86. The van der Waals surface area contributed by atoms with Gasteiger partial charge in [-0.15, -0.1) is 0 Å². The Labute approximate surface area is 75.3 Å². The first-order valence-electron chi connectivity index (χ1n) is 3.89. The number of rotatable bonds is 3. The van der Waals surface area contributed by atoms with E-state index in [1.54, 1.807) is 0 Å². The molecule has 1 aromatic carbocycles. The highest BCUT2D eigenvalue weighted by Gasteiger charge is 2.04. The SMILES string of the molecule is C=C(CCO)c1ccc(F)c(F)c1. The molecule has 0 saturated heterocycles. The monoisotopic (exact) mass is 184 g/mol. The molecule has 0 saturated carbocycles. The van der Waals surface area contributed by atoms with E-state index in [9.17, 15) is 8.78 Å². The summed E-state index contributed by atoms with van der Waals surface area (Å²) in [7, 11) is 0. The van der Waals surface area contributed by atoms with Crippen LogP contribution in [0.15, 0.2) is 24.8 Å². The summed E-state index contributed by atoms with van der Waals surface area (Å²) >= 11 is 0. The van der Waals surface area contributed by atoms with Gasteiger partial charge < -0.3 is 5.11 Å². The average molecular weight is 184 g/mol. The van der Waals surface area contributed by atoms with Crippen molar-refractivity contribution in [2.75, 3.05) is 6.61 Å². The summed E-state index contributed by atoms with van der Waals surface area (Å²) in [5.41, 5.74) is 1.12. The van der Waals surface area contributed by atoms with Crippen molar-refractivity contribution in [2.24, 2.45) is 0 Å². The van der Waals surface area contributed by atoms with E-state index < -0.39 is 11.6 Å². The zero-order valence-corrected chi connectivity index (χ0v) is 7.06. The Morgan fingerprint density at radius 2 is 2.00 bits per heavy atom. The molecule has 0 aliphatic carbocycles. The van der Waals surface area contributed by atoms with Crippen LogP contribution < -0.4 is 0 Å². The van der Waals surface area contributed by atoms with Crippen LogP contribution >= 0.6 is 0 Å². The minimum atomic E-state index is -0.892. The molecule has 1 nitrogen and oxygen atoms in total. The van der Waals surface area contributed by atoms with Crippen LogP contribution in [0.1, 0.15) is 12.0 Å². The average Bonchev–Trinajstić information content (AvgIpc) is 2.10. The van der Waals surface area contributed by atoms with Gasteiger partial charge in [0, 0.05) is 6.61 Å². The molecule has 13 heavy (non-hydrogen) atoms. The van der Waals surface area contributed by atoms with E-state index in [4.69, 9.17) is 5.11 Å². The second-order valence-corrected chi connectivity index (χ2v) is 2.71. The van der Waals surface area contributed by atoms with Gasteiger partial charge in [0.15, 0.2) is 11.6 Å². The Bertz CT molecular complexity index is 321. The van der Waals surface area contributed by atoms with Crippen molar-refractivity contribution >= 4 is 5.57 Å². The number of hydrogen-bond donors (Lipinski definition) is 1. The predicted molar refractivity (Wildman–Crippen MR) is 47.1 cm³/mol. The van der Waals surface area contributed by atoms with E-state index in [-0.39, 0.29) is 6.61 Å². The fourth-order valence-corrected chi connectivity index (χ4v) is 0.995. The van der Waals surface area contributed by atoms with Crippen molar-refractivity contribution in [3.05, 3.63) is 42.0 Å². The van der Waals surface area contributed by atoms with E-state index in [1.165, 1.54) is 6.07 Å². The molecule has 0 bridgehead atoms. The molecule has 1 rings (SSSR count). The summed E-state index contributed by atoms with van der Waals surface area (Å²) in [6.45, 7) is 3.59. The molecule has 0 aromatic heterocycles. The molecule has 0 aliphatic heterocycles. The largest absolute Gasteiger partial charge is 0.396 e. The first-order chi connectivity index (χ1) is 6.15. The van der Waals surface area contributed by atoms with E-state index in [0.717, 1.165) is 12.1 Å². The van der Waals surface area contributed by atoms with Crippen LogP contribution in [0.25, 0.3) is 5.57 Å². The quantitative estimate of drug-likeness (QED) is 0.764. The lowest BCUT2D eigenvalue weighted by Crippen LogP contribution is -1.90. The Morgan fingerprint density at radius 1 is 1.31 bits per heavy atom. The maximum atomic E-state index is 12.7. The van der Waals surface area contributed by atoms with Gasteiger partial charge >= 0.3 is 0 Å². The Balaban J connectivity index is 2.90. The van der Waals surface area contributed by atoms with Gasteiger partial charge in [-0.2, -0.15) is 0 Å². The van der Waals surface area contributed by atoms with Crippen LogP contribution in [-0.4, -0.2) is 11.7 Å². The number of hydrogen-bond acceptors (Lipinski definition) is 1. The standard InChI is InChI=1S/C10H10F2O/c1-7(4-5-13)8-2-3-9(11)10(12)6-8/h2-3,6,13H,1,4-5H2. The molecule has 70 valence electrons. The third-order valence-electron chi connectivity index (χ3n) is 1.74. The van der Waals surface area contributed by atoms with Crippen LogP contribution in [0.3, 0.4) is 0 Å². The smallest absolute Gasteiger partial charge is 0.159 e. The third-order valence-corrected chi connectivity index (χ3v) is 1.74. The van der Waals surface area contributed by atoms with Crippen LogP contribution in [0.2, 0.25) is 0 Å². The molecule has 0 spiro atoms. The summed E-state index contributed by atoms with van der Waals surface area (Å²) in [4.78, 5) is 0. The zero-order valence-electron chi connectivity index (χ0n) is 7.06. The van der Waals surface area contributed by atoms with Gasteiger partial charge in [0.1, 0.15) is 0 Å². The zero-order chi connectivity index (χ0) is 9.84. The fourth-order valence-electron chi connectivity index (χ4n) is 0.995. The van der Waals surface area contributed by atoms with Crippen molar-refractivity contribution in [3.8, 4) is 0 Å². The van der Waals surface area contributed by atoms with Gasteiger partial charge in [-0.25, -0.2) is 8.78 Å². The highest BCUT2D eigenvalue weighted by Crippen LogP contribution is 2.18. The van der Waals surface area contributed by atoms with Gasteiger partial charge in [0.25, 0.3) is 0 Å². The Morgan fingerprint density at radius 3 is 2.54 bits per heavy atom. The Kier molecular flexibility index (Phi) is 3.14. The molecule has 0 amide bonds. The lowest BCUT2D eigenvalue weighted by molar-refractivity contribution is 0.305. The number of halogens is 2. The van der Waals surface area contributed by atoms with Crippen molar-refractivity contribution in [3.63, 3.8) is 0 Å². The van der Waals surface area contributed by atoms with Gasteiger partial charge in [-0.1, -0.05) is 12.6 Å². The topological polar surface area (TPSA) is 20.2 Å². The minimum Gasteiger partial charge on any atom is -0.396 e.